The van der Waals surface area contributed by atoms with Crippen molar-refractivity contribution in [3.63, 3.8) is 0 Å². The fraction of sp³-hybridized carbons (Fsp3) is 0.100. The minimum Gasteiger partial charge on any atom is -0.497 e. The number of benzene rings is 2. The number of nitrogens with one attached hydrogen (secondary N) is 2. The molecule has 0 spiro atoms. The molecule has 2 aromatic carbocycles. The molecule has 0 radical (unpaired) electrons. The molecule has 3 aromatic rings. The van der Waals surface area contributed by atoms with Crippen LogP contribution in [0, 0.1) is 5.82 Å². The van der Waals surface area contributed by atoms with Crippen molar-refractivity contribution >= 4 is 28.9 Å². The smallest absolute Gasteiger partial charge is 0.252 e. The third kappa shape index (κ3) is 4.29. The lowest BCUT2D eigenvalue weighted by molar-refractivity contribution is 0.100. The Hall–Kier alpha value is -3.81. The van der Waals surface area contributed by atoms with Gasteiger partial charge in [-0.05, 0) is 18.2 Å². The number of ether oxygens (including phenoxy) is 2. The first-order valence-electron chi connectivity index (χ1n) is 8.32. The predicted octanol–water partition coefficient (Wildman–Crippen LogP) is 3.82. The maximum atomic E-state index is 14.5. The quantitative estimate of drug-likeness (QED) is 0.575. The Kier molecular flexibility index (Phi) is 5.59. The number of amides is 1. The van der Waals surface area contributed by atoms with Crippen LogP contribution in [0.2, 0.25) is 0 Å². The van der Waals surface area contributed by atoms with Gasteiger partial charge < -0.3 is 25.8 Å². The summed E-state index contributed by atoms with van der Waals surface area (Å²) < 4.78 is 24.9. The van der Waals surface area contributed by atoms with Crippen LogP contribution >= 0.6 is 0 Å². The number of rotatable bonds is 7. The number of nitrogens with two attached hydrogens (primary N) is 1. The van der Waals surface area contributed by atoms with Crippen molar-refractivity contribution in [2.45, 2.75) is 0 Å². The number of para-hydroxylation sites is 1. The predicted molar refractivity (Wildman–Crippen MR) is 105 cm³/mol. The third-order valence-electron chi connectivity index (χ3n) is 3.89. The minimum atomic E-state index is -0.810. The molecule has 0 atom stereocenters. The molecule has 4 N–H and O–H groups in total. The Labute approximate surface area is 161 Å². The molecule has 0 fully saturated rings. The molecule has 0 saturated heterocycles. The van der Waals surface area contributed by atoms with E-state index in [4.69, 9.17) is 15.2 Å². The van der Waals surface area contributed by atoms with Gasteiger partial charge in [0, 0.05) is 29.6 Å². The number of aromatic nitrogens is 1. The van der Waals surface area contributed by atoms with Gasteiger partial charge in [0.2, 0.25) is 0 Å². The van der Waals surface area contributed by atoms with Crippen molar-refractivity contribution in [2.75, 3.05) is 24.9 Å². The fourth-order valence-corrected chi connectivity index (χ4v) is 2.53. The standard InChI is InChI=1S/C20H19FN4O3/c1-27-14-8-13(9-15(10-14)28-2)24-19-16(18(22)26)11-17(21)20(25-19)23-12-6-4-3-5-7-12/h3-11H,1-2H3,(H2,22,26)(H2,23,24,25). The van der Waals surface area contributed by atoms with Crippen LogP contribution in [0.25, 0.3) is 0 Å². The summed E-state index contributed by atoms with van der Waals surface area (Å²) in [5, 5.41) is 5.86. The Morgan fingerprint density at radius 2 is 1.54 bits per heavy atom. The third-order valence-corrected chi connectivity index (χ3v) is 3.89. The lowest BCUT2D eigenvalue weighted by atomic mass is 10.2. The number of carbonyl (C=O) groups is 1. The summed E-state index contributed by atoms with van der Waals surface area (Å²) in [6, 6.07) is 15.1. The first kappa shape index (κ1) is 19.0. The number of methoxy groups -OCH3 is 2. The summed E-state index contributed by atoms with van der Waals surface area (Å²) in [4.78, 5) is 16.0. The van der Waals surface area contributed by atoms with Gasteiger partial charge in [0.05, 0.1) is 19.8 Å². The zero-order chi connectivity index (χ0) is 20.1. The number of carbonyl (C=O) groups excluding carboxylic acids is 1. The molecule has 0 aliphatic rings. The number of pyridine rings is 1. The molecule has 0 unspecified atom stereocenters. The van der Waals surface area contributed by atoms with Crippen molar-refractivity contribution in [3.8, 4) is 11.5 Å². The molecule has 28 heavy (non-hydrogen) atoms. The van der Waals surface area contributed by atoms with Crippen molar-refractivity contribution in [1.82, 2.24) is 4.98 Å². The molecule has 1 heterocycles. The monoisotopic (exact) mass is 382 g/mol. The second kappa shape index (κ2) is 8.26. The Balaban J connectivity index is 2.01. The van der Waals surface area contributed by atoms with E-state index in [0.717, 1.165) is 6.07 Å². The molecule has 1 amide bonds. The van der Waals surface area contributed by atoms with E-state index in [1.165, 1.54) is 14.2 Å². The van der Waals surface area contributed by atoms with Crippen LogP contribution in [0.1, 0.15) is 10.4 Å². The van der Waals surface area contributed by atoms with Gasteiger partial charge in [-0.1, -0.05) is 18.2 Å². The maximum absolute atomic E-state index is 14.5. The topological polar surface area (TPSA) is 98.5 Å². The molecule has 3 rings (SSSR count). The number of halogens is 1. The van der Waals surface area contributed by atoms with Gasteiger partial charge in [0.1, 0.15) is 17.3 Å². The van der Waals surface area contributed by atoms with Gasteiger partial charge in [-0.3, -0.25) is 4.79 Å². The van der Waals surface area contributed by atoms with Crippen molar-refractivity contribution < 1.29 is 18.7 Å². The molecule has 0 aliphatic carbocycles. The number of primary amides is 1. The van der Waals surface area contributed by atoms with Crippen molar-refractivity contribution in [2.24, 2.45) is 5.73 Å². The summed E-state index contributed by atoms with van der Waals surface area (Å²) in [7, 11) is 3.04. The zero-order valence-electron chi connectivity index (χ0n) is 15.3. The molecule has 0 bridgehead atoms. The second-order valence-corrected chi connectivity index (χ2v) is 5.80. The van der Waals surface area contributed by atoms with E-state index in [-0.39, 0.29) is 17.2 Å². The number of nitrogens with zero attached hydrogens (tertiary/aromatic N) is 1. The average molecular weight is 382 g/mol. The van der Waals surface area contributed by atoms with Crippen LogP contribution in [0.5, 0.6) is 11.5 Å². The van der Waals surface area contributed by atoms with Gasteiger partial charge in [0.25, 0.3) is 5.91 Å². The summed E-state index contributed by atoms with van der Waals surface area (Å²) in [6.45, 7) is 0. The van der Waals surface area contributed by atoms with Crippen LogP contribution in [-0.2, 0) is 0 Å². The first-order valence-corrected chi connectivity index (χ1v) is 8.32. The molecular weight excluding hydrogens is 363 g/mol. The molecule has 0 aliphatic heterocycles. The maximum Gasteiger partial charge on any atom is 0.252 e. The van der Waals surface area contributed by atoms with Gasteiger partial charge in [-0.2, -0.15) is 0 Å². The van der Waals surface area contributed by atoms with Crippen molar-refractivity contribution in [3.05, 3.63) is 66.0 Å². The molecule has 7 nitrogen and oxygen atoms in total. The van der Waals surface area contributed by atoms with E-state index in [2.05, 4.69) is 15.6 Å². The van der Waals surface area contributed by atoms with E-state index >= 15 is 0 Å². The SMILES string of the molecule is COc1cc(Nc2nc(Nc3ccccc3)c(F)cc2C(N)=O)cc(OC)c1. The van der Waals surface area contributed by atoms with Crippen LogP contribution in [0.4, 0.5) is 27.4 Å². The van der Waals surface area contributed by atoms with Crippen LogP contribution in [0.3, 0.4) is 0 Å². The molecule has 1 aromatic heterocycles. The fourth-order valence-electron chi connectivity index (χ4n) is 2.53. The Bertz CT molecular complexity index is 974. The molecule has 144 valence electrons. The Morgan fingerprint density at radius 3 is 2.11 bits per heavy atom. The van der Waals surface area contributed by atoms with Gasteiger partial charge in [0.15, 0.2) is 11.6 Å². The highest BCUT2D eigenvalue weighted by Crippen LogP contribution is 2.30. The number of hydrogen-bond donors (Lipinski definition) is 3. The highest BCUT2D eigenvalue weighted by atomic mass is 19.1. The zero-order valence-corrected chi connectivity index (χ0v) is 15.3. The molecule has 8 heteroatoms. The summed E-state index contributed by atoms with van der Waals surface area (Å²) in [5.41, 5.74) is 6.49. The first-order chi connectivity index (χ1) is 13.5. The summed E-state index contributed by atoms with van der Waals surface area (Å²) in [6.07, 6.45) is 0. The van der Waals surface area contributed by atoms with Crippen LogP contribution in [-0.4, -0.2) is 25.1 Å². The van der Waals surface area contributed by atoms with Crippen LogP contribution in [0.15, 0.2) is 54.6 Å². The average Bonchev–Trinajstić information content (AvgIpc) is 2.70. The normalized spacial score (nSPS) is 10.2. The van der Waals surface area contributed by atoms with E-state index in [0.29, 0.717) is 22.9 Å². The lowest BCUT2D eigenvalue weighted by Crippen LogP contribution is -2.16. The minimum absolute atomic E-state index is 0.0476. The summed E-state index contributed by atoms with van der Waals surface area (Å²) in [5.74, 6) is -0.392. The summed E-state index contributed by atoms with van der Waals surface area (Å²) >= 11 is 0. The highest BCUT2D eigenvalue weighted by molar-refractivity contribution is 5.98. The van der Waals surface area contributed by atoms with E-state index < -0.39 is 11.7 Å². The molecular formula is C20H19FN4O3. The largest absolute Gasteiger partial charge is 0.497 e. The molecule has 0 saturated carbocycles. The van der Waals surface area contributed by atoms with Gasteiger partial charge in [-0.25, -0.2) is 9.37 Å². The van der Waals surface area contributed by atoms with E-state index in [9.17, 15) is 9.18 Å². The van der Waals surface area contributed by atoms with E-state index in [1.807, 2.05) is 6.07 Å². The lowest BCUT2D eigenvalue weighted by Gasteiger charge is -2.14. The highest BCUT2D eigenvalue weighted by Gasteiger charge is 2.17. The van der Waals surface area contributed by atoms with Gasteiger partial charge in [-0.15, -0.1) is 0 Å². The second-order valence-electron chi connectivity index (χ2n) is 5.80. The number of anilines is 4. The number of hydrogen-bond acceptors (Lipinski definition) is 6. The Morgan fingerprint density at radius 1 is 0.929 bits per heavy atom. The van der Waals surface area contributed by atoms with Crippen LogP contribution < -0.4 is 25.8 Å². The van der Waals surface area contributed by atoms with Gasteiger partial charge >= 0.3 is 0 Å². The van der Waals surface area contributed by atoms with Crippen molar-refractivity contribution in [1.29, 1.82) is 0 Å². The van der Waals surface area contributed by atoms with E-state index in [1.54, 1.807) is 42.5 Å².